The van der Waals surface area contributed by atoms with E-state index < -0.39 is 11.7 Å². The van der Waals surface area contributed by atoms with Crippen LogP contribution in [0.2, 0.25) is 0 Å². The second-order valence-electron chi connectivity index (χ2n) is 6.56. The number of pyridine rings is 1. The van der Waals surface area contributed by atoms with E-state index in [2.05, 4.69) is 15.8 Å². The van der Waals surface area contributed by atoms with Crippen molar-refractivity contribution in [1.29, 1.82) is 0 Å². The summed E-state index contributed by atoms with van der Waals surface area (Å²) in [5, 5.41) is 3.77. The molecule has 0 aliphatic rings. The number of carbonyl (C=O) groups is 1. The third kappa shape index (κ3) is 4.22. The number of rotatable bonds is 6. The minimum atomic E-state index is -0.414. The van der Waals surface area contributed by atoms with Crippen molar-refractivity contribution >= 4 is 50.8 Å². The lowest BCUT2D eigenvalue weighted by molar-refractivity contribution is 0.0203. The maximum absolute atomic E-state index is 14.4. The Morgan fingerprint density at radius 2 is 2.15 bits per heavy atom. The van der Waals surface area contributed by atoms with Gasteiger partial charge in [0, 0.05) is 28.4 Å². The molecule has 3 rings (SSSR count). The van der Waals surface area contributed by atoms with Crippen molar-refractivity contribution in [2.45, 2.75) is 13.8 Å². The zero-order chi connectivity index (χ0) is 19.6. The number of aromatic nitrogens is 2. The molecule has 2 aromatic heterocycles. The fourth-order valence-electron chi connectivity index (χ4n) is 2.73. The summed E-state index contributed by atoms with van der Waals surface area (Å²) in [5.74, 6) is -0.534. The number of carbonyl (C=O) groups excluding carboxylic acids is 1. The Hall–Kier alpha value is -2.20. The van der Waals surface area contributed by atoms with Gasteiger partial charge in [-0.05, 0) is 52.8 Å². The maximum atomic E-state index is 14.4. The quantitative estimate of drug-likeness (QED) is 0.405. The zero-order valence-corrected chi connectivity index (χ0v) is 17.4. The molecule has 2 heterocycles. The molecule has 0 bridgehead atoms. The first-order valence-electron chi connectivity index (χ1n) is 8.45. The molecule has 6 nitrogen and oxygen atoms in total. The summed E-state index contributed by atoms with van der Waals surface area (Å²) in [5.41, 5.74) is 4.36. The Balaban J connectivity index is 2.03. The standard InChI is InChI=1S/C19H20FIN4O2/c1-11(2)10-27-24-19(26)18-17(13-9-22-7-6-16(13)25(18)3)23-15-5-4-12(21)8-14(15)20/h4-9,11,23H,10H2,1-3H3,(H,24,26). The SMILES string of the molecule is CC(C)CONC(=O)c1c(Nc2ccc(I)cc2F)c2cnccc2n1C. The molecule has 0 saturated carbocycles. The zero-order valence-electron chi connectivity index (χ0n) is 15.2. The molecular formula is C19H20FIN4O2. The number of anilines is 2. The number of nitrogens with zero attached hydrogens (tertiary/aromatic N) is 2. The number of hydroxylamine groups is 1. The summed E-state index contributed by atoms with van der Waals surface area (Å²) in [6, 6.07) is 6.67. The van der Waals surface area contributed by atoms with Crippen LogP contribution in [0.25, 0.3) is 10.9 Å². The minimum absolute atomic E-state index is 0.278. The Kier molecular flexibility index (Phi) is 5.95. The first-order valence-corrected chi connectivity index (χ1v) is 9.53. The van der Waals surface area contributed by atoms with E-state index in [1.165, 1.54) is 6.07 Å². The number of aryl methyl sites for hydroxylation is 1. The molecule has 3 aromatic rings. The molecule has 0 saturated heterocycles. The number of fused-ring (bicyclic) bond motifs is 1. The second kappa shape index (κ2) is 8.22. The summed E-state index contributed by atoms with van der Waals surface area (Å²) >= 11 is 2.05. The lowest BCUT2D eigenvalue weighted by Crippen LogP contribution is -2.28. The van der Waals surface area contributed by atoms with E-state index in [0.29, 0.717) is 23.4 Å². The first-order chi connectivity index (χ1) is 12.9. The molecule has 1 amide bonds. The Morgan fingerprint density at radius 3 is 2.85 bits per heavy atom. The van der Waals surface area contributed by atoms with Crippen LogP contribution in [-0.4, -0.2) is 22.1 Å². The van der Waals surface area contributed by atoms with Gasteiger partial charge >= 0.3 is 0 Å². The van der Waals surface area contributed by atoms with Gasteiger partial charge in [0.25, 0.3) is 5.91 Å². The Bertz CT molecular complexity index is 987. The molecular weight excluding hydrogens is 462 g/mol. The van der Waals surface area contributed by atoms with Crippen LogP contribution in [-0.2, 0) is 11.9 Å². The fourth-order valence-corrected chi connectivity index (χ4v) is 3.18. The Morgan fingerprint density at radius 1 is 1.37 bits per heavy atom. The van der Waals surface area contributed by atoms with Crippen molar-refractivity contribution in [3.63, 3.8) is 0 Å². The lowest BCUT2D eigenvalue weighted by atomic mass is 10.2. The third-order valence-electron chi connectivity index (χ3n) is 3.99. The van der Waals surface area contributed by atoms with Crippen LogP contribution in [0.4, 0.5) is 15.8 Å². The van der Waals surface area contributed by atoms with Crippen LogP contribution in [0.5, 0.6) is 0 Å². The summed E-state index contributed by atoms with van der Waals surface area (Å²) in [7, 11) is 1.77. The lowest BCUT2D eigenvalue weighted by Gasteiger charge is -2.12. The van der Waals surface area contributed by atoms with Gasteiger partial charge in [0.05, 0.1) is 23.5 Å². The predicted molar refractivity (Wildman–Crippen MR) is 111 cm³/mol. The molecule has 8 heteroatoms. The fraction of sp³-hybridized carbons (Fsp3) is 0.263. The molecule has 0 unspecified atom stereocenters. The van der Waals surface area contributed by atoms with Gasteiger partial charge in [-0.1, -0.05) is 13.8 Å². The number of nitrogens with one attached hydrogen (secondary N) is 2. The second-order valence-corrected chi connectivity index (χ2v) is 7.81. The van der Waals surface area contributed by atoms with Crippen molar-refractivity contribution in [2.75, 3.05) is 11.9 Å². The smallest absolute Gasteiger partial charge is 0.293 e. The normalized spacial score (nSPS) is 11.2. The van der Waals surface area contributed by atoms with Crippen LogP contribution < -0.4 is 10.8 Å². The average molecular weight is 482 g/mol. The van der Waals surface area contributed by atoms with Crippen molar-refractivity contribution in [3.8, 4) is 0 Å². The summed E-state index contributed by atoms with van der Waals surface area (Å²) in [6.07, 6.45) is 3.29. The van der Waals surface area contributed by atoms with Gasteiger partial charge in [-0.3, -0.25) is 14.6 Å². The van der Waals surface area contributed by atoms with E-state index in [4.69, 9.17) is 4.84 Å². The highest BCUT2D eigenvalue weighted by Gasteiger charge is 2.22. The summed E-state index contributed by atoms with van der Waals surface area (Å²) in [6.45, 7) is 4.37. The molecule has 1 aromatic carbocycles. The molecule has 142 valence electrons. The van der Waals surface area contributed by atoms with Crippen molar-refractivity contribution in [1.82, 2.24) is 15.0 Å². The number of halogens is 2. The van der Waals surface area contributed by atoms with Gasteiger partial charge in [0.15, 0.2) is 0 Å². The highest BCUT2D eigenvalue weighted by Crippen LogP contribution is 2.33. The van der Waals surface area contributed by atoms with E-state index >= 15 is 0 Å². The molecule has 0 spiro atoms. The van der Waals surface area contributed by atoms with Crippen LogP contribution >= 0.6 is 22.6 Å². The molecule has 0 radical (unpaired) electrons. The summed E-state index contributed by atoms with van der Waals surface area (Å²) < 4.78 is 16.9. The van der Waals surface area contributed by atoms with Crippen molar-refractivity contribution < 1.29 is 14.0 Å². The summed E-state index contributed by atoms with van der Waals surface area (Å²) in [4.78, 5) is 22.2. The highest BCUT2D eigenvalue weighted by molar-refractivity contribution is 14.1. The van der Waals surface area contributed by atoms with Gasteiger partial charge in [-0.25, -0.2) is 9.87 Å². The average Bonchev–Trinajstić information content (AvgIpc) is 2.89. The van der Waals surface area contributed by atoms with E-state index in [-0.39, 0.29) is 11.6 Å². The van der Waals surface area contributed by atoms with Gasteiger partial charge in [-0.2, -0.15) is 0 Å². The van der Waals surface area contributed by atoms with Crippen LogP contribution in [0.15, 0.2) is 36.7 Å². The monoisotopic (exact) mass is 482 g/mol. The first kappa shape index (κ1) is 19.6. The number of benzene rings is 1. The molecule has 0 atom stereocenters. The maximum Gasteiger partial charge on any atom is 0.293 e. The third-order valence-corrected chi connectivity index (χ3v) is 4.66. The van der Waals surface area contributed by atoms with Gasteiger partial charge < -0.3 is 9.88 Å². The topological polar surface area (TPSA) is 68.2 Å². The van der Waals surface area contributed by atoms with Crippen molar-refractivity contribution in [3.05, 3.63) is 51.7 Å². The van der Waals surface area contributed by atoms with Crippen LogP contribution in [0.3, 0.4) is 0 Å². The molecule has 2 N–H and O–H groups in total. The molecule has 0 fully saturated rings. The van der Waals surface area contributed by atoms with E-state index in [1.54, 1.807) is 42.2 Å². The van der Waals surface area contributed by atoms with Crippen LogP contribution in [0.1, 0.15) is 24.3 Å². The largest absolute Gasteiger partial charge is 0.351 e. The predicted octanol–water partition coefficient (Wildman–Crippen LogP) is 4.38. The van der Waals surface area contributed by atoms with Gasteiger partial charge in [-0.15, -0.1) is 0 Å². The highest BCUT2D eigenvalue weighted by atomic mass is 127. The van der Waals surface area contributed by atoms with E-state index in [9.17, 15) is 9.18 Å². The van der Waals surface area contributed by atoms with E-state index in [0.717, 1.165) is 9.09 Å². The van der Waals surface area contributed by atoms with Gasteiger partial charge in [0.1, 0.15) is 11.5 Å². The van der Waals surface area contributed by atoms with E-state index in [1.807, 2.05) is 36.4 Å². The number of amides is 1. The minimum Gasteiger partial charge on any atom is -0.351 e. The molecule has 0 aliphatic heterocycles. The number of hydrogen-bond acceptors (Lipinski definition) is 4. The number of hydrogen-bond donors (Lipinski definition) is 2. The molecule has 0 aliphatic carbocycles. The van der Waals surface area contributed by atoms with Gasteiger partial charge in [0.2, 0.25) is 0 Å². The van der Waals surface area contributed by atoms with Crippen LogP contribution in [0, 0.1) is 15.3 Å². The molecule has 27 heavy (non-hydrogen) atoms. The van der Waals surface area contributed by atoms with Crippen molar-refractivity contribution in [2.24, 2.45) is 13.0 Å². The Labute approximate surface area is 170 Å².